The van der Waals surface area contributed by atoms with Crippen molar-refractivity contribution in [3.8, 4) is 0 Å². The first kappa shape index (κ1) is 14.9. The van der Waals surface area contributed by atoms with Gasteiger partial charge in [-0.05, 0) is 39.7 Å². The van der Waals surface area contributed by atoms with Crippen LogP contribution in [0, 0.1) is 5.41 Å². The second-order valence-corrected chi connectivity index (χ2v) is 7.05. The van der Waals surface area contributed by atoms with E-state index >= 15 is 0 Å². The minimum Gasteiger partial charge on any atom is -0.444 e. The number of hydrogen-bond donors (Lipinski definition) is 0. The van der Waals surface area contributed by atoms with Crippen LogP contribution >= 0.6 is 0 Å². The lowest BCUT2D eigenvalue weighted by molar-refractivity contribution is -0.140. The molecule has 20 heavy (non-hydrogen) atoms. The van der Waals surface area contributed by atoms with E-state index in [0.717, 1.165) is 25.9 Å². The van der Waals surface area contributed by atoms with Crippen molar-refractivity contribution in [1.82, 2.24) is 9.80 Å². The summed E-state index contributed by atoms with van der Waals surface area (Å²) in [5.41, 5.74) is -0.240. The summed E-state index contributed by atoms with van der Waals surface area (Å²) in [6, 6.07) is 0.279. The molecule has 1 aliphatic carbocycles. The molecule has 0 aromatic rings. The Balaban J connectivity index is 1.77. The number of likely N-dealkylation sites (tertiary alicyclic amines) is 1. The molecule has 2 fully saturated rings. The summed E-state index contributed by atoms with van der Waals surface area (Å²) in [6.45, 7) is 10.6. The highest BCUT2D eigenvalue weighted by Gasteiger charge is 2.55. The fourth-order valence-corrected chi connectivity index (χ4v) is 3.01. The lowest BCUT2D eigenvalue weighted by Gasteiger charge is -2.60. The Morgan fingerprint density at radius 3 is 2.35 bits per heavy atom. The maximum atomic E-state index is 11.9. The maximum Gasteiger partial charge on any atom is 0.410 e. The number of amides is 2. The molecule has 1 saturated carbocycles. The molecule has 5 heteroatoms. The topological polar surface area (TPSA) is 49.9 Å². The molecule has 2 amide bonds. The molecule has 5 nitrogen and oxygen atoms in total. The van der Waals surface area contributed by atoms with Crippen LogP contribution in [0.1, 0.15) is 33.6 Å². The Labute approximate surface area is 120 Å². The standard InChI is InChI=1S/C15H24N2O3/c1-6-12(18)16(5)11-7-15(8-11)9-17(10-15)13(19)20-14(2,3)4/h6,11H,1,7-10H2,2-5H3. The number of nitrogens with zero attached hydrogens (tertiary/aromatic N) is 2. The van der Waals surface area contributed by atoms with Gasteiger partial charge in [-0.15, -0.1) is 0 Å². The van der Waals surface area contributed by atoms with Crippen molar-refractivity contribution in [3.63, 3.8) is 0 Å². The average Bonchev–Trinajstić information content (AvgIpc) is 2.21. The van der Waals surface area contributed by atoms with Crippen molar-refractivity contribution in [2.24, 2.45) is 5.41 Å². The van der Waals surface area contributed by atoms with Gasteiger partial charge in [-0.3, -0.25) is 4.79 Å². The molecule has 1 aliphatic heterocycles. The van der Waals surface area contributed by atoms with Gasteiger partial charge in [-0.2, -0.15) is 0 Å². The quantitative estimate of drug-likeness (QED) is 0.727. The van der Waals surface area contributed by atoms with Crippen LogP contribution in [0.15, 0.2) is 12.7 Å². The van der Waals surface area contributed by atoms with Gasteiger partial charge in [0, 0.05) is 31.6 Å². The number of hydrogen-bond acceptors (Lipinski definition) is 3. The first-order valence-electron chi connectivity index (χ1n) is 7.03. The Morgan fingerprint density at radius 1 is 1.35 bits per heavy atom. The van der Waals surface area contributed by atoms with Crippen LogP contribution in [0.25, 0.3) is 0 Å². The van der Waals surface area contributed by atoms with Gasteiger partial charge < -0.3 is 14.5 Å². The van der Waals surface area contributed by atoms with Crippen LogP contribution in [0.5, 0.6) is 0 Å². The maximum absolute atomic E-state index is 11.9. The van der Waals surface area contributed by atoms with Crippen molar-refractivity contribution in [2.45, 2.75) is 45.3 Å². The molecule has 0 unspecified atom stereocenters. The Morgan fingerprint density at radius 2 is 1.90 bits per heavy atom. The van der Waals surface area contributed by atoms with Crippen LogP contribution in [0.3, 0.4) is 0 Å². The Kier molecular flexibility index (Phi) is 3.56. The van der Waals surface area contributed by atoms with Crippen molar-refractivity contribution in [1.29, 1.82) is 0 Å². The highest BCUT2D eigenvalue weighted by atomic mass is 16.6. The van der Waals surface area contributed by atoms with Crippen LogP contribution in [-0.4, -0.2) is 53.6 Å². The lowest BCUT2D eigenvalue weighted by Crippen LogP contribution is -2.67. The van der Waals surface area contributed by atoms with Gasteiger partial charge in [0.05, 0.1) is 0 Å². The van der Waals surface area contributed by atoms with Crippen molar-refractivity contribution in [3.05, 3.63) is 12.7 Å². The van der Waals surface area contributed by atoms with E-state index in [1.807, 2.05) is 27.8 Å². The van der Waals surface area contributed by atoms with E-state index in [0.29, 0.717) is 0 Å². The van der Waals surface area contributed by atoms with Gasteiger partial charge in [-0.25, -0.2) is 4.79 Å². The molecule has 0 radical (unpaired) electrons. The van der Waals surface area contributed by atoms with E-state index in [4.69, 9.17) is 4.74 Å². The zero-order valence-electron chi connectivity index (χ0n) is 12.8. The predicted molar refractivity (Wildman–Crippen MR) is 76.2 cm³/mol. The SMILES string of the molecule is C=CC(=O)N(C)C1CC2(C1)CN(C(=O)OC(C)(C)C)C2. The van der Waals surface area contributed by atoms with E-state index in [1.165, 1.54) is 6.08 Å². The smallest absolute Gasteiger partial charge is 0.410 e. The van der Waals surface area contributed by atoms with Crippen molar-refractivity contribution in [2.75, 3.05) is 20.1 Å². The van der Waals surface area contributed by atoms with Crippen LogP contribution in [0.2, 0.25) is 0 Å². The monoisotopic (exact) mass is 280 g/mol. The van der Waals surface area contributed by atoms with Crippen molar-refractivity contribution >= 4 is 12.0 Å². The number of carbonyl (C=O) groups excluding carboxylic acids is 2. The number of carbonyl (C=O) groups is 2. The van der Waals surface area contributed by atoms with Crippen LogP contribution in [-0.2, 0) is 9.53 Å². The fraction of sp³-hybridized carbons (Fsp3) is 0.733. The summed E-state index contributed by atoms with van der Waals surface area (Å²) in [5, 5.41) is 0. The molecule has 2 rings (SSSR count). The summed E-state index contributed by atoms with van der Waals surface area (Å²) in [6.07, 6.45) is 3.03. The minimum absolute atomic E-state index is 0.0341. The molecule has 1 saturated heterocycles. The average molecular weight is 280 g/mol. The van der Waals surface area contributed by atoms with E-state index in [9.17, 15) is 9.59 Å². The van der Waals surface area contributed by atoms with Gasteiger partial charge in [0.25, 0.3) is 0 Å². The van der Waals surface area contributed by atoms with Crippen molar-refractivity contribution < 1.29 is 14.3 Å². The number of rotatable bonds is 2. The third-order valence-corrected chi connectivity index (χ3v) is 4.11. The molecule has 0 aromatic heterocycles. The lowest BCUT2D eigenvalue weighted by atomic mass is 9.60. The fourth-order valence-electron chi connectivity index (χ4n) is 3.01. The summed E-state index contributed by atoms with van der Waals surface area (Å²) in [4.78, 5) is 26.9. The van der Waals surface area contributed by atoms with E-state index in [-0.39, 0.29) is 23.5 Å². The minimum atomic E-state index is -0.446. The third-order valence-electron chi connectivity index (χ3n) is 4.11. The van der Waals surface area contributed by atoms with Gasteiger partial charge in [0.15, 0.2) is 0 Å². The second-order valence-electron chi connectivity index (χ2n) is 7.05. The first-order chi connectivity index (χ1) is 9.16. The first-order valence-corrected chi connectivity index (χ1v) is 7.03. The van der Waals surface area contributed by atoms with E-state index < -0.39 is 5.60 Å². The third kappa shape index (κ3) is 2.81. The molecule has 0 atom stereocenters. The van der Waals surface area contributed by atoms with Gasteiger partial charge in [0.1, 0.15) is 5.60 Å². The number of ether oxygens (including phenoxy) is 1. The summed E-state index contributed by atoms with van der Waals surface area (Å²) in [7, 11) is 1.81. The summed E-state index contributed by atoms with van der Waals surface area (Å²) in [5.74, 6) is -0.0341. The Hall–Kier alpha value is -1.52. The van der Waals surface area contributed by atoms with E-state index in [2.05, 4.69) is 6.58 Å². The second kappa shape index (κ2) is 4.79. The highest BCUT2D eigenvalue weighted by molar-refractivity contribution is 5.87. The molecular weight excluding hydrogens is 256 g/mol. The van der Waals surface area contributed by atoms with Gasteiger partial charge in [0.2, 0.25) is 5.91 Å². The molecule has 1 spiro atoms. The molecule has 1 heterocycles. The molecule has 112 valence electrons. The van der Waals surface area contributed by atoms with Gasteiger partial charge in [-0.1, -0.05) is 6.58 Å². The molecule has 0 bridgehead atoms. The largest absolute Gasteiger partial charge is 0.444 e. The molecule has 0 N–H and O–H groups in total. The van der Waals surface area contributed by atoms with E-state index in [1.54, 1.807) is 9.80 Å². The molecular formula is C15H24N2O3. The zero-order chi connectivity index (χ0) is 15.1. The molecule has 2 aliphatic rings. The summed E-state index contributed by atoms with van der Waals surface area (Å²) >= 11 is 0. The highest BCUT2D eigenvalue weighted by Crippen LogP contribution is 2.50. The van der Waals surface area contributed by atoms with Crippen LogP contribution < -0.4 is 0 Å². The Bertz CT molecular complexity index is 425. The number of likely N-dealkylation sites (N-methyl/N-ethyl adjacent to an activating group) is 1. The molecule has 0 aromatic carbocycles. The summed E-state index contributed by atoms with van der Waals surface area (Å²) < 4.78 is 5.34. The zero-order valence-corrected chi connectivity index (χ0v) is 12.8. The van der Waals surface area contributed by atoms with Gasteiger partial charge >= 0.3 is 6.09 Å². The predicted octanol–water partition coefficient (Wildman–Crippen LogP) is 2.03. The normalized spacial score (nSPS) is 20.9. The van der Waals surface area contributed by atoms with Crippen LogP contribution in [0.4, 0.5) is 4.79 Å².